The molecular formula is C19H16F2N2O3S3. The fourth-order valence-electron chi connectivity index (χ4n) is 2.48. The molecule has 1 heterocycles. The van der Waals surface area contributed by atoms with Crippen molar-refractivity contribution in [1.82, 2.24) is 0 Å². The van der Waals surface area contributed by atoms with Crippen LogP contribution in [0.1, 0.15) is 15.9 Å². The fourth-order valence-corrected chi connectivity index (χ4v) is 4.94. The van der Waals surface area contributed by atoms with E-state index in [9.17, 15) is 22.0 Å². The summed E-state index contributed by atoms with van der Waals surface area (Å²) < 4.78 is 52.8. The third-order valence-corrected chi connectivity index (χ3v) is 6.78. The number of alkyl halides is 2. The molecule has 0 spiro atoms. The SMILES string of the molecule is Cc1ccc(NC(=O)c2ccsc2)cc1S(=O)(=O)Nc1ccc(SC(F)F)cc1. The lowest BCUT2D eigenvalue weighted by Crippen LogP contribution is -2.16. The van der Waals surface area contributed by atoms with Gasteiger partial charge in [0.15, 0.2) is 0 Å². The van der Waals surface area contributed by atoms with Gasteiger partial charge in [0.1, 0.15) is 0 Å². The second-order valence-electron chi connectivity index (χ2n) is 5.95. The van der Waals surface area contributed by atoms with Crippen LogP contribution in [0.5, 0.6) is 0 Å². The van der Waals surface area contributed by atoms with E-state index >= 15 is 0 Å². The third-order valence-electron chi connectivity index (χ3n) is 3.85. The van der Waals surface area contributed by atoms with Gasteiger partial charge < -0.3 is 5.32 Å². The van der Waals surface area contributed by atoms with E-state index in [1.165, 1.54) is 41.7 Å². The largest absolute Gasteiger partial charge is 0.322 e. The van der Waals surface area contributed by atoms with Crippen molar-refractivity contribution in [2.45, 2.75) is 22.5 Å². The summed E-state index contributed by atoms with van der Waals surface area (Å²) in [6.45, 7) is 1.64. The lowest BCUT2D eigenvalue weighted by Gasteiger charge is -2.13. The van der Waals surface area contributed by atoms with E-state index in [1.807, 2.05) is 0 Å². The van der Waals surface area contributed by atoms with Gasteiger partial charge in [-0.05, 0) is 60.3 Å². The maximum absolute atomic E-state index is 12.8. The molecule has 0 saturated heterocycles. The molecule has 0 unspecified atom stereocenters. The summed E-state index contributed by atoms with van der Waals surface area (Å²) in [5.41, 5.74) is 1.57. The summed E-state index contributed by atoms with van der Waals surface area (Å²) in [6, 6.07) is 11.9. The molecule has 10 heteroatoms. The van der Waals surface area contributed by atoms with Gasteiger partial charge >= 0.3 is 0 Å². The predicted octanol–water partition coefficient (Wildman–Crippen LogP) is 5.42. The number of carbonyl (C=O) groups is 1. The first kappa shape index (κ1) is 21.3. The molecule has 0 aliphatic heterocycles. The van der Waals surface area contributed by atoms with Gasteiger partial charge in [0, 0.05) is 21.7 Å². The van der Waals surface area contributed by atoms with Gasteiger partial charge in [0.2, 0.25) is 0 Å². The van der Waals surface area contributed by atoms with Gasteiger partial charge in [-0.1, -0.05) is 17.8 Å². The van der Waals surface area contributed by atoms with Crippen molar-refractivity contribution in [3.63, 3.8) is 0 Å². The van der Waals surface area contributed by atoms with Gasteiger partial charge in [0.25, 0.3) is 21.7 Å². The van der Waals surface area contributed by atoms with Crippen LogP contribution >= 0.6 is 23.1 Å². The Morgan fingerprint density at radius 1 is 1.07 bits per heavy atom. The number of aryl methyl sites for hydroxylation is 1. The molecule has 1 amide bonds. The molecule has 2 aromatic carbocycles. The average Bonchev–Trinajstić information content (AvgIpc) is 3.19. The van der Waals surface area contributed by atoms with E-state index in [2.05, 4.69) is 10.0 Å². The molecular weight excluding hydrogens is 438 g/mol. The first-order valence-corrected chi connectivity index (χ1v) is 11.6. The number of nitrogens with one attached hydrogen (secondary N) is 2. The molecule has 2 N–H and O–H groups in total. The second-order valence-corrected chi connectivity index (χ2v) is 9.45. The van der Waals surface area contributed by atoms with Crippen LogP contribution in [0, 0.1) is 6.92 Å². The maximum Gasteiger partial charge on any atom is 0.288 e. The van der Waals surface area contributed by atoms with E-state index in [0.717, 1.165) is 0 Å². The highest BCUT2D eigenvalue weighted by Gasteiger charge is 2.19. The van der Waals surface area contributed by atoms with Crippen LogP contribution in [0.25, 0.3) is 0 Å². The highest BCUT2D eigenvalue weighted by atomic mass is 32.2. The normalized spacial score (nSPS) is 11.4. The molecule has 0 aliphatic rings. The Morgan fingerprint density at radius 2 is 1.76 bits per heavy atom. The number of rotatable bonds is 7. The summed E-state index contributed by atoms with van der Waals surface area (Å²) in [5.74, 6) is -2.88. The van der Waals surface area contributed by atoms with E-state index in [0.29, 0.717) is 33.5 Å². The molecule has 0 saturated carbocycles. The van der Waals surface area contributed by atoms with Crippen molar-refractivity contribution in [3.8, 4) is 0 Å². The molecule has 0 fully saturated rings. The topological polar surface area (TPSA) is 75.3 Å². The number of hydrogen-bond donors (Lipinski definition) is 2. The maximum atomic E-state index is 12.8. The zero-order valence-corrected chi connectivity index (χ0v) is 17.5. The van der Waals surface area contributed by atoms with Crippen LogP contribution in [0.15, 0.2) is 69.1 Å². The first-order chi connectivity index (χ1) is 13.7. The predicted molar refractivity (Wildman–Crippen MR) is 113 cm³/mol. The summed E-state index contributed by atoms with van der Waals surface area (Å²) in [6.07, 6.45) is 0. The van der Waals surface area contributed by atoms with Crippen molar-refractivity contribution in [2.75, 3.05) is 10.0 Å². The number of amides is 1. The summed E-state index contributed by atoms with van der Waals surface area (Å²) in [4.78, 5) is 12.5. The monoisotopic (exact) mass is 454 g/mol. The highest BCUT2D eigenvalue weighted by molar-refractivity contribution is 7.99. The Labute approximate surface area is 175 Å². The molecule has 3 rings (SSSR count). The van der Waals surface area contributed by atoms with Crippen molar-refractivity contribution in [2.24, 2.45) is 0 Å². The van der Waals surface area contributed by atoms with Crippen LogP contribution in [-0.2, 0) is 10.0 Å². The zero-order valence-electron chi connectivity index (χ0n) is 15.1. The Bertz CT molecular complexity index is 1100. The van der Waals surface area contributed by atoms with E-state index in [1.54, 1.807) is 35.9 Å². The van der Waals surface area contributed by atoms with Crippen LogP contribution < -0.4 is 10.0 Å². The molecule has 5 nitrogen and oxygen atoms in total. The van der Waals surface area contributed by atoms with Crippen LogP contribution in [-0.4, -0.2) is 20.1 Å². The van der Waals surface area contributed by atoms with Gasteiger partial charge in [-0.2, -0.15) is 20.1 Å². The summed E-state index contributed by atoms with van der Waals surface area (Å²) in [5, 5.41) is 6.14. The Kier molecular flexibility index (Phi) is 6.56. The lowest BCUT2D eigenvalue weighted by atomic mass is 10.2. The third kappa shape index (κ3) is 5.55. The number of halogens is 2. The number of sulfonamides is 1. The van der Waals surface area contributed by atoms with Crippen LogP contribution in [0.2, 0.25) is 0 Å². The minimum Gasteiger partial charge on any atom is -0.322 e. The zero-order chi connectivity index (χ0) is 21.0. The highest BCUT2D eigenvalue weighted by Crippen LogP contribution is 2.28. The second kappa shape index (κ2) is 8.93. The van der Waals surface area contributed by atoms with Gasteiger partial charge in [-0.15, -0.1) is 0 Å². The molecule has 3 aromatic rings. The quantitative estimate of drug-likeness (QED) is 0.467. The summed E-state index contributed by atoms with van der Waals surface area (Å²) in [7, 11) is -3.95. The Balaban J connectivity index is 1.80. The first-order valence-electron chi connectivity index (χ1n) is 8.26. The number of anilines is 2. The van der Waals surface area contributed by atoms with E-state index in [-0.39, 0.29) is 16.5 Å². The van der Waals surface area contributed by atoms with Crippen molar-refractivity contribution >= 4 is 50.4 Å². The van der Waals surface area contributed by atoms with Gasteiger partial charge in [-0.3, -0.25) is 9.52 Å². The number of thiophene rings is 1. The van der Waals surface area contributed by atoms with Crippen molar-refractivity contribution in [1.29, 1.82) is 0 Å². The number of benzene rings is 2. The van der Waals surface area contributed by atoms with Gasteiger partial charge in [-0.25, -0.2) is 8.42 Å². The molecule has 0 radical (unpaired) electrons. The number of carbonyl (C=O) groups excluding carboxylic acids is 1. The minimum absolute atomic E-state index is 0.00616. The number of hydrogen-bond acceptors (Lipinski definition) is 5. The average molecular weight is 455 g/mol. The standard InChI is InChI=1S/C19H16F2N2O3S3/c1-12-2-3-15(22-18(24)13-8-9-27-11-13)10-17(12)29(25,26)23-14-4-6-16(7-5-14)28-19(20)21/h2-11,19,23H,1H3,(H,22,24). The molecule has 1 aromatic heterocycles. The summed E-state index contributed by atoms with van der Waals surface area (Å²) >= 11 is 1.76. The fraction of sp³-hybridized carbons (Fsp3) is 0.105. The molecule has 152 valence electrons. The number of thioether (sulfide) groups is 1. The Morgan fingerprint density at radius 3 is 2.38 bits per heavy atom. The smallest absolute Gasteiger partial charge is 0.288 e. The van der Waals surface area contributed by atoms with E-state index in [4.69, 9.17) is 0 Å². The molecule has 29 heavy (non-hydrogen) atoms. The van der Waals surface area contributed by atoms with E-state index < -0.39 is 15.8 Å². The lowest BCUT2D eigenvalue weighted by molar-refractivity contribution is 0.102. The minimum atomic E-state index is -3.95. The van der Waals surface area contributed by atoms with Crippen molar-refractivity contribution in [3.05, 3.63) is 70.4 Å². The van der Waals surface area contributed by atoms with Crippen LogP contribution in [0.4, 0.5) is 20.2 Å². The molecule has 0 bridgehead atoms. The molecule has 0 aliphatic carbocycles. The van der Waals surface area contributed by atoms with Gasteiger partial charge in [0.05, 0.1) is 10.5 Å². The molecule has 0 atom stereocenters. The Hall–Kier alpha value is -2.43. The van der Waals surface area contributed by atoms with Crippen molar-refractivity contribution < 1.29 is 22.0 Å². The van der Waals surface area contributed by atoms with Crippen LogP contribution in [0.3, 0.4) is 0 Å².